The van der Waals surface area contributed by atoms with E-state index in [4.69, 9.17) is 0 Å². The van der Waals surface area contributed by atoms with Gasteiger partial charge >= 0.3 is 6.18 Å². The largest absolute Gasteiger partial charge is 0.435 e. The maximum absolute atomic E-state index is 12.7. The molecule has 130 valence electrons. The number of rotatable bonds is 3. The van der Waals surface area contributed by atoms with E-state index in [1.807, 2.05) is 19.1 Å². The smallest absolute Gasteiger partial charge is 0.312 e. The Kier molecular flexibility index (Phi) is 4.34. The summed E-state index contributed by atoms with van der Waals surface area (Å²) in [6, 6.07) is 7.97. The van der Waals surface area contributed by atoms with Crippen LogP contribution in [-0.2, 0) is 13.2 Å². The van der Waals surface area contributed by atoms with Crippen molar-refractivity contribution in [1.29, 1.82) is 0 Å². The zero-order valence-electron chi connectivity index (χ0n) is 13.3. The average Bonchev–Trinajstić information content (AvgIpc) is 3.14. The lowest BCUT2D eigenvalue weighted by Crippen LogP contribution is -2.10. The highest BCUT2D eigenvalue weighted by Crippen LogP contribution is 2.34. The molecule has 3 aromatic rings. The van der Waals surface area contributed by atoms with Gasteiger partial charge in [0.15, 0.2) is 5.69 Å². The van der Waals surface area contributed by atoms with Crippen molar-refractivity contribution < 1.29 is 18.0 Å². The first-order chi connectivity index (χ1) is 11.7. The Bertz CT molecular complexity index is 912. The second kappa shape index (κ2) is 6.32. The molecule has 0 fully saturated rings. The second-order valence-corrected chi connectivity index (χ2v) is 6.42. The van der Waals surface area contributed by atoms with Crippen LogP contribution in [0.25, 0.3) is 10.7 Å². The third-order valence-corrected chi connectivity index (χ3v) is 4.38. The first-order valence-electron chi connectivity index (χ1n) is 7.19. The standard InChI is InChI=1S/C16H13F3N4OS/c1-9-3-5-10(6-4-9)14(24)21-13-8-20-15(25-13)11-7-12(16(17,18)19)22-23(11)2/h3-8H,1-2H3,(H,21,24). The molecule has 0 radical (unpaired) electrons. The van der Waals surface area contributed by atoms with E-state index in [-0.39, 0.29) is 11.6 Å². The van der Waals surface area contributed by atoms with Crippen LogP contribution >= 0.6 is 11.3 Å². The van der Waals surface area contributed by atoms with Gasteiger partial charge in [-0.2, -0.15) is 18.3 Å². The van der Waals surface area contributed by atoms with Gasteiger partial charge in [0.1, 0.15) is 10.0 Å². The van der Waals surface area contributed by atoms with E-state index in [0.717, 1.165) is 27.6 Å². The van der Waals surface area contributed by atoms with Crippen LogP contribution in [0.3, 0.4) is 0 Å². The first kappa shape index (κ1) is 17.2. The number of nitrogens with one attached hydrogen (secondary N) is 1. The number of thiazole rings is 1. The minimum atomic E-state index is -4.52. The van der Waals surface area contributed by atoms with Crippen LogP contribution in [0.4, 0.5) is 18.2 Å². The summed E-state index contributed by atoms with van der Waals surface area (Å²) in [5.41, 5.74) is 0.771. The number of aromatic nitrogens is 3. The van der Waals surface area contributed by atoms with Gasteiger partial charge < -0.3 is 5.32 Å². The summed E-state index contributed by atoms with van der Waals surface area (Å²) in [5.74, 6) is -0.309. The summed E-state index contributed by atoms with van der Waals surface area (Å²) in [7, 11) is 1.41. The van der Waals surface area contributed by atoms with Crippen LogP contribution in [0.15, 0.2) is 36.5 Å². The van der Waals surface area contributed by atoms with E-state index in [1.165, 1.54) is 13.2 Å². The number of carbonyl (C=O) groups is 1. The normalized spacial score (nSPS) is 11.6. The summed E-state index contributed by atoms with van der Waals surface area (Å²) in [6.07, 6.45) is -3.11. The number of alkyl halides is 3. The Morgan fingerprint density at radius 1 is 1.24 bits per heavy atom. The van der Waals surface area contributed by atoms with Gasteiger partial charge in [-0.25, -0.2) is 4.98 Å². The molecule has 0 aliphatic carbocycles. The Hall–Kier alpha value is -2.68. The fourth-order valence-electron chi connectivity index (χ4n) is 2.15. The van der Waals surface area contributed by atoms with Crippen molar-refractivity contribution in [3.8, 4) is 10.7 Å². The molecule has 1 amide bonds. The molecular formula is C16H13F3N4OS. The molecule has 0 aliphatic rings. The summed E-state index contributed by atoms with van der Waals surface area (Å²) in [5, 5.41) is 6.92. The summed E-state index contributed by atoms with van der Waals surface area (Å²) in [4.78, 5) is 16.3. The molecule has 0 saturated heterocycles. The molecule has 25 heavy (non-hydrogen) atoms. The predicted octanol–water partition coefficient (Wildman–Crippen LogP) is 4.12. The van der Waals surface area contributed by atoms with Gasteiger partial charge in [-0.3, -0.25) is 9.48 Å². The van der Waals surface area contributed by atoms with Crippen molar-refractivity contribution in [2.24, 2.45) is 7.05 Å². The van der Waals surface area contributed by atoms with Crippen LogP contribution in [0.2, 0.25) is 0 Å². The molecular weight excluding hydrogens is 353 g/mol. The number of aryl methyl sites for hydroxylation is 2. The molecule has 0 spiro atoms. The summed E-state index contributed by atoms with van der Waals surface area (Å²) >= 11 is 1.08. The minimum absolute atomic E-state index is 0.230. The van der Waals surface area contributed by atoms with Gasteiger partial charge in [0.05, 0.1) is 11.9 Å². The molecule has 2 aromatic heterocycles. The molecule has 0 saturated carbocycles. The van der Waals surface area contributed by atoms with E-state index in [2.05, 4.69) is 15.4 Å². The van der Waals surface area contributed by atoms with Crippen LogP contribution in [0.1, 0.15) is 21.6 Å². The SMILES string of the molecule is Cc1ccc(C(=O)Nc2cnc(-c3cc(C(F)(F)F)nn3C)s2)cc1. The van der Waals surface area contributed by atoms with Crippen molar-refractivity contribution in [1.82, 2.24) is 14.8 Å². The fraction of sp³-hybridized carbons (Fsp3) is 0.188. The third kappa shape index (κ3) is 3.71. The van der Waals surface area contributed by atoms with Gasteiger partial charge in [-0.05, 0) is 25.1 Å². The van der Waals surface area contributed by atoms with Gasteiger partial charge in [-0.15, -0.1) is 0 Å². The van der Waals surface area contributed by atoms with E-state index < -0.39 is 11.9 Å². The van der Waals surface area contributed by atoms with Crippen molar-refractivity contribution in [2.75, 3.05) is 5.32 Å². The number of carbonyl (C=O) groups excluding carboxylic acids is 1. The van der Waals surface area contributed by atoms with Gasteiger partial charge in [-0.1, -0.05) is 29.0 Å². The molecule has 5 nitrogen and oxygen atoms in total. The van der Waals surface area contributed by atoms with Crippen LogP contribution < -0.4 is 5.32 Å². The van der Waals surface area contributed by atoms with Crippen molar-refractivity contribution in [2.45, 2.75) is 13.1 Å². The van der Waals surface area contributed by atoms with Crippen molar-refractivity contribution in [3.63, 3.8) is 0 Å². The van der Waals surface area contributed by atoms with Crippen molar-refractivity contribution >= 4 is 22.2 Å². The number of amides is 1. The fourth-order valence-corrected chi connectivity index (χ4v) is 3.00. The Balaban J connectivity index is 1.80. The van der Waals surface area contributed by atoms with E-state index in [9.17, 15) is 18.0 Å². The summed E-state index contributed by atoms with van der Waals surface area (Å²) < 4.78 is 39.3. The third-order valence-electron chi connectivity index (χ3n) is 3.45. The maximum Gasteiger partial charge on any atom is 0.435 e. The zero-order chi connectivity index (χ0) is 18.2. The molecule has 9 heteroatoms. The Morgan fingerprint density at radius 2 is 1.92 bits per heavy atom. The van der Waals surface area contributed by atoms with E-state index in [0.29, 0.717) is 15.6 Å². The van der Waals surface area contributed by atoms with Crippen LogP contribution in [0, 0.1) is 6.92 Å². The highest BCUT2D eigenvalue weighted by Gasteiger charge is 2.35. The first-order valence-corrected chi connectivity index (χ1v) is 8.01. The van der Waals surface area contributed by atoms with Crippen LogP contribution in [0.5, 0.6) is 0 Å². The van der Waals surface area contributed by atoms with E-state index >= 15 is 0 Å². The zero-order valence-corrected chi connectivity index (χ0v) is 14.1. The maximum atomic E-state index is 12.7. The van der Waals surface area contributed by atoms with Gasteiger partial charge in [0.25, 0.3) is 5.91 Å². The number of nitrogens with zero attached hydrogens (tertiary/aromatic N) is 3. The predicted molar refractivity (Wildman–Crippen MR) is 88.5 cm³/mol. The monoisotopic (exact) mass is 366 g/mol. The Labute approximate surface area is 145 Å². The molecule has 3 rings (SSSR count). The molecule has 2 heterocycles. The average molecular weight is 366 g/mol. The molecule has 1 N–H and O–H groups in total. The molecule has 0 aliphatic heterocycles. The number of halogens is 3. The van der Waals surface area contributed by atoms with Gasteiger partial charge in [0, 0.05) is 12.6 Å². The minimum Gasteiger partial charge on any atom is -0.312 e. The van der Waals surface area contributed by atoms with Crippen molar-refractivity contribution in [3.05, 3.63) is 53.3 Å². The lowest BCUT2D eigenvalue weighted by molar-refractivity contribution is -0.141. The van der Waals surface area contributed by atoms with E-state index in [1.54, 1.807) is 12.1 Å². The van der Waals surface area contributed by atoms with Gasteiger partial charge in [0.2, 0.25) is 0 Å². The highest BCUT2D eigenvalue weighted by molar-refractivity contribution is 7.19. The molecule has 0 unspecified atom stereocenters. The molecule has 0 bridgehead atoms. The highest BCUT2D eigenvalue weighted by atomic mass is 32.1. The lowest BCUT2D eigenvalue weighted by atomic mass is 10.1. The topological polar surface area (TPSA) is 59.8 Å². The van der Waals surface area contributed by atoms with Crippen LogP contribution in [-0.4, -0.2) is 20.7 Å². The summed E-state index contributed by atoms with van der Waals surface area (Å²) in [6.45, 7) is 1.92. The molecule has 1 aromatic carbocycles. The second-order valence-electron chi connectivity index (χ2n) is 5.39. The number of hydrogen-bond donors (Lipinski definition) is 1. The quantitative estimate of drug-likeness (QED) is 0.758. The lowest BCUT2D eigenvalue weighted by Gasteiger charge is -2.02. The molecule has 0 atom stereocenters. The number of anilines is 1. The number of benzene rings is 1. The Morgan fingerprint density at radius 3 is 2.52 bits per heavy atom. The number of hydrogen-bond acceptors (Lipinski definition) is 4.